The third-order valence-corrected chi connectivity index (χ3v) is 15.6. The summed E-state index contributed by atoms with van der Waals surface area (Å²) in [5.41, 5.74) is 0. The molecule has 0 radical (unpaired) electrons. The van der Waals surface area contributed by atoms with Gasteiger partial charge in [-0.3, -0.25) is 14.4 Å². The second kappa shape index (κ2) is 66.9. The highest BCUT2D eigenvalue weighted by atomic mass is 16.6. The topological polar surface area (TPSA) is 78.9 Å². The number of hydrogen-bond acceptors (Lipinski definition) is 6. The van der Waals surface area contributed by atoms with Gasteiger partial charge in [0.25, 0.3) is 0 Å². The van der Waals surface area contributed by atoms with E-state index in [1.165, 1.54) is 263 Å². The summed E-state index contributed by atoms with van der Waals surface area (Å²) >= 11 is 0. The molecule has 1 unspecified atom stereocenters. The molecule has 0 N–H and O–H groups in total. The number of carbonyl (C=O) groups is 3. The molecule has 0 aliphatic carbocycles. The maximum atomic E-state index is 12.9. The lowest BCUT2D eigenvalue weighted by molar-refractivity contribution is -0.167. The molecule has 0 aliphatic rings. The van der Waals surface area contributed by atoms with Crippen LogP contribution in [0.5, 0.6) is 0 Å². The van der Waals surface area contributed by atoms with E-state index in [1.54, 1.807) is 0 Å². The molecule has 0 amide bonds. The van der Waals surface area contributed by atoms with Gasteiger partial charge >= 0.3 is 17.9 Å². The Balaban J connectivity index is 4.29. The number of allylic oxidation sites excluding steroid dienone is 8. The van der Waals surface area contributed by atoms with Gasteiger partial charge in [-0.25, -0.2) is 0 Å². The molecule has 0 aromatic rings. The van der Waals surface area contributed by atoms with E-state index in [2.05, 4.69) is 69.4 Å². The average molecular weight is 1090 g/mol. The molecule has 0 saturated heterocycles. The van der Waals surface area contributed by atoms with Gasteiger partial charge in [0, 0.05) is 19.3 Å². The molecule has 0 heterocycles. The van der Waals surface area contributed by atoms with Gasteiger partial charge in [0.2, 0.25) is 0 Å². The number of carbonyl (C=O) groups excluding carboxylic acids is 3. The maximum Gasteiger partial charge on any atom is 0.306 e. The summed E-state index contributed by atoms with van der Waals surface area (Å²) in [6.07, 6.45) is 84.1. The van der Waals surface area contributed by atoms with Gasteiger partial charge in [0.05, 0.1) is 0 Å². The zero-order chi connectivity index (χ0) is 56.4. The van der Waals surface area contributed by atoms with E-state index in [-0.39, 0.29) is 31.1 Å². The van der Waals surface area contributed by atoms with Crippen LogP contribution in [0.1, 0.15) is 374 Å². The van der Waals surface area contributed by atoms with E-state index < -0.39 is 6.10 Å². The first-order valence-electron chi connectivity index (χ1n) is 34.6. The van der Waals surface area contributed by atoms with Crippen molar-refractivity contribution in [3.63, 3.8) is 0 Å². The van der Waals surface area contributed by atoms with Crippen LogP contribution in [0.25, 0.3) is 0 Å². The molecule has 0 saturated carbocycles. The Bertz CT molecular complexity index is 1350. The Morgan fingerprint density at radius 3 is 0.705 bits per heavy atom. The van der Waals surface area contributed by atoms with Crippen LogP contribution in [0, 0.1) is 0 Å². The minimum atomic E-state index is -0.774. The van der Waals surface area contributed by atoms with Crippen molar-refractivity contribution in [3.8, 4) is 0 Å². The first-order valence-corrected chi connectivity index (χ1v) is 34.6. The van der Waals surface area contributed by atoms with Crippen molar-refractivity contribution in [3.05, 3.63) is 48.6 Å². The van der Waals surface area contributed by atoms with Gasteiger partial charge in [0.1, 0.15) is 13.2 Å². The van der Waals surface area contributed by atoms with Crippen LogP contribution in [0.2, 0.25) is 0 Å². The summed E-state index contributed by atoms with van der Waals surface area (Å²) in [6, 6.07) is 0. The van der Waals surface area contributed by atoms with E-state index >= 15 is 0 Å². The van der Waals surface area contributed by atoms with Crippen molar-refractivity contribution >= 4 is 17.9 Å². The van der Waals surface area contributed by atoms with E-state index in [0.29, 0.717) is 19.3 Å². The van der Waals surface area contributed by atoms with Gasteiger partial charge in [0.15, 0.2) is 6.10 Å². The fourth-order valence-corrected chi connectivity index (χ4v) is 10.3. The first kappa shape index (κ1) is 75.4. The summed E-state index contributed by atoms with van der Waals surface area (Å²) < 4.78 is 17.0. The van der Waals surface area contributed by atoms with Gasteiger partial charge in [-0.15, -0.1) is 0 Å². The molecule has 456 valence electrons. The summed E-state index contributed by atoms with van der Waals surface area (Å²) in [5, 5.41) is 0. The summed E-state index contributed by atoms with van der Waals surface area (Å²) in [7, 11) is 0. The molecular formula is C72H132O6. The Labute approximate surface area is 486 Å². The highest BCUT2D eigenvalue weighted by Gasteiger charge is 2.19. The van der Waals surface area contributed by atoms with Gasteiger partial charge in [-0.05, 0) is 83.5 Å². The second-order valence-electron chi connectivity index (χ2n) is 23.4. The summed E-state index contributed by atoms with van der Waals surface area (Å²) in [4.78, 5) is 38.4. The van der Waals surface area contributed by atoms with Crippen LogP contribution in [-0.4, -0.2) is 37.2 Å². The highest BCUT2D eigenvalue weighted by molar-refractivity contribution is 5.71. The fraction of sp³-hybridized carbons (Fsp3) is 0.847. The Morgan fingerprint density at radius 1 is 0.256 bits per heavy atom. The smallest absolute Gasteiger partial charge is 0.306 e. The molecular weight excluding hydrogens is 961 g/mol. The van der Waals surface area contributed by atoms with Crippen LogP contribution >= 0.6 is 0 Å². The second-order valence-corrected chi connectivity index (χ2v) is 23.4. The monoisotopic (exact) mass is 1090 g/mol. The van der Waals surface area contributed by atoms with Crippen molar-refractivity contribution in [1.82, 2.24) is 0 Å². The lowest BCUT2D eigenvalue weighted by Gasteiger charge is -2.18. The van der Waals surface area contributed by atoms with Gasteiger partial charge < -0.3 is 14.2 Å². The quantitative estimate of drug-likeness (QED) is 0.0261. The SMILES string of the molecule is CCCCCCC/C=C\C/C=C\CCCCCCCCCCCCCC(=O)OCC(COC(=O)CCCCCCCCCCCCCCCC)OC(=O)CCCCCCCCCCCCC/C=C\C/C=C\CCCCCCC. The molecule has 0 aromatic carbocycles. The van der Waals surface area contributed by atoms with E-state index in [4.69, 9.17) is 14.2 Å². The van der Waals surface area contributed by atoms with Crippen molar-refractivity contribution in [2.75, 3.05) is 13.2 Å². The standard InChI is InChI=1S/C72H132O6/c1-4-7-10-13-16-19-22-25-28-30-32-34-36-38-40-42-44-47-50-53-56-59-62-65-71(74)77-68-69(67-76-70(73)64-61-58-55-52-49-46-27-24-21-18-15-12-9-6-3)78-72(75)66-63-60-57-54-51-48-45-43-41-39-37-35-33-31-29-26-23-20-17-14-11-8-5-2/h22-23,25-26,30-33,69H,4-21,24,27-29,34-68H2,1-3H3/b25-22-,26-23-,32-30-,33-31-. The summed E-state index contributed by atoms with van der Waals surface area (Å²) in [5.74, 6) is -0.849. The van der Waals surface area contributed by atoms with Crippen molar-refractivity contribution in [2.45, 2.75) is 380 Å². The number of esters is 3. The fourth-order valence-electron chi connectivity index (χ4n) is 10.3. The first-order chi connectivity index (χ1) is 38.5. The van der Waals surface area contributed by atoms with E-state index in [0.717, 1.165) is 70.6 Å². The number of hydrogen-bond donors (Lipinski definition) is 0. The van der Waals surface area contributed by atoms with Gasteiger partial charge in [-0.2, -0.15) is 0 Å². The zero-order valence-electron chi connectivity index (χ0n) is 52.5. The molecule has 0 rings (SSSR count). The minimum absolute atomic E-state index is 0.0699. The van der Waals surface area contributed by atoms with E-state index in [1.807, 2.05) is 0 Å². The molecule has 0 fully saturated rings. The molecule has 0 bridgehead atoms. The molecule has 0 aromatic heterocycles. The Kier molecular flexibility index (Phi) is 64.6. The van der Waals surface area contributed by atoms with Gasteiger partial charge in [-0.1, -0.05) is 320 Å². The van der Waals surface area contributed by atoms with Crippen molar-refractivity contribution < 1.29 is 28.6 Å². The zero-order valence-corrected chi connectivity index (χ0v) is 52.5. The van der Waals surface area contributed by atoms with Crippen LogP contribution in [0.4, 0.5) is 0 Å². The highest BCUT2D eigenvalue weighted by Crippen LogP contribution is 2.18. The third kappa shape index (κ3) is 64.2. The Hall–Kier alpha value is -2.63. The van der Waals surface area contributed by atoms with Crippen LogP contribution < -0.4 is 0 Å². The molecule has 0 spiro atoms. The molecule has 0 aliphatic heterocycles. The third-order valence-electron chi connectivity index (χ3n) is 15.6. The summed E-state index contributed by atoms with van der Waals surface area (Å²) in [6.45, 7) is 6.68. The van der Waals surface area contributed by atoms with Crippen LogP contribution in [-0.2, 0) is 28.6 Å². The molecule has 1 atom stereocenters. The molecule has 78 heavy (non-hydrogen) atoms. The number of rotatable bonds is 64. The Morgan fingerprint density at radius 2 is 0.462 bits per heavy atom. The normalized spacial score (nSPS) is 12.3. The van der Waals surface area contributed by atoms with Crippen molar-refractivity contribution in [2.24, 2.45) is 0 Å². The predicted octanol–water partition coefficient (Wildman–Crippen LogP) is 23.7. The molecule has 6 heteroatoms. The number of unbranched alkanes of at least 4 members (excludes halogenated alkanes) is 45. The average Bonchev–Trinajstić information content (AvgIpc) is 3.44. The predicted molar refractivity (Wildman–Crippen MR) is 339 cm³/mol. The lowest BCUT2D eigenvalue weighted by Crippen LogP contribution is -2.30. The largest absolute Gasteiger partial charge is 0.462 e. The van der Waals surface area contributed by atoms with Crippen LogP contribution in [0.3, 0.4) is 0 Å². The maximum absolute atomic E-state index is 12.9. The van der Waals surface area contributed by atoms with Crippen molar-refractivity contribution in [1.29, 1.82) is 0 Å². The van der Waals surface area contributed by atoms with Crippen LogP contribution in [0.15, 0.2) is 48.6 Å². The van der Waals surface area contributed by atoms with E-state index in [9.17, 15) is 14.4 Å². The molecule has 6 nitrogen and oxygen atoms in total. The number of ether oxygens (including phenoxy) is 3. The lowest BCUT2D eigenvalue weighted by atomic mass is 10.0. The minimum Gasteiger partial charge on any atom is -0.462 e.